The summed E-state index contributed by atoms with van der Waals surface area (Å²) in [5.41, 5.74) is 1.50. The molecule has 3 aromatic rings. The Hall–Kier alpha value is -2.13. The van der Waals surface area contributed by atoms with Crippen molar-refractivity contribution in [2.24, 2.45) is 0 Å². The lowest BCUT2D eigenvalue weighted by atomic mass is 10.2. The average molecular weight is 270 g/mol. The highest BCUT2D eigenvalue weighted by atomic mass is 35.5. The van der Waals surface area contributed by atoms with Crippen molar-refractivity contribution in [2.75, 3.05) is 0 Å². The van der Waals surface area contributed by atoms with E-state index in [1.807, 2.05) is 30.3 Å². The summed E-state index contributed by atoms with van der Waals surface area (Å²) in [5, 5.41) is 1.12. The van der Waals surface area contributed by atoms with Gasteiger partial charge >= 0.3 is 0 Å². The largest absolute Gasteiger partial charge is 0.285 e. The van der Waals surface area contributed by atoms with E-state index in [2.05, 4.69) is 11.3 Å². The van der Waals surface area contributed by atoms with Crippen molar-refractivity contribution in [2.45, 2.75) is 6.54 Å². The quantitative estimate of drug-likeness (QED) is 0.717. The van der Waals surface area contributed by atoms with E-state index in [1.165, 1.54) is 4.57 Å². The van der Waals surface area contributed by atoms with Gasteiger partial charge in [0.15, 0.2) is 6.33 Å². The maximum Gasteiger partial charge on any atom is 0.262 e. The number of aromatic nitrogens is 2. The van der Waals surface area contributed by atoms with Crippen LogP contribution in [0, 0.1) is 6.33 Å². The molecule has 0 amide bonds. The van der Waals surface area contributed by atoms with Crippen molar-refractivity contribution in [3.8, 4) is 0 Å². The number of benzene rings is 2. The number of halogens is 1. The van der Waals surface area contributed by atoms with Gasteiger partial charge in [-0.3, -0.25) is 9.36 Å². The molecule has 0 saturated heterocycles. The molecule has 1 heterocycles. The monoisotopic (exact) mass is 269 g/mol. The van der Waals surface area contributed by atoms with Crippen LogP contribution >= 0.6 is 11.6 Å². The molecule has 0 N–H and O–H groups in total. The molecular weight excluding hydrogens is 260 g/mol. The fourth-order valence-corrected chi connectivity index (χ4v) is 2.12. The van der Waals surface area contributed by atoms with Gasteiger partial charge in [0.25, 0.3) is 5.56 Å². The van der Waals surface area contributed by atoms with Gasteiger partial charge in [0, 0.05) is 5.02 Å². The Bertz CT molecular complexity index is 781. The van der Waals surface area contributed by atoms with E-state index in [0.717, 1.165) is 5.56 Å². The summed E-state index contributed by atoms with van der Waals surface area (Å²) in [5.74, 6) is 0. The maximum absolute atomic E-state index is 12.3. The standard InChI is InChI=1S/C15H10ClN2O/c16-12-6-7-13-14(8-12)17-10-18(15(13)19)9-11-4-2-1-3-5-11/h1-8H,9H2. The van der Waals surface area contributed by atoms with E-state index in [-0.39, 0.29) is 5.56 Å². The van der Waals surface area contributed by atoms with E-state index < -0.39 is 0 Å². The van der Waals surface area contributed by atoms with Crippen LogP contribution in [0.3, 0.4) is 0 Å². The van der Waals surface area contributed by atoms with Crippen LogP contribution in [0.5, 0.6) is 0 Å². The van der Waals surface area contributed by atoms with Crippen LogP contribution in [0.1, 0.15) is 5.56 Å². The van der Waals surface area contributed by atoms with Crippen molar-refractivity contribution in [1.82, 2.24) is 9.55 Å². The first-order chi connectivity index (χ1) is 9.24. The summed E-state index contributed by atoms with van der Waals surface area (Å²) in [6, 6.07) is 14.8. The van der Waals surface area contributed by atoms with E-state index in [0.29, 0.717) is 22.5 Å². The Labute approximate surface area is 115 Å². The van der Waals surface area contributed by atoms with Gasteiger partial charge in [-0.15, -0.1) is 0 Å². The molecule has 4 heteroatoms. The minimum absolute atomic E-state index is 0.106. The third-order valence-electron chi connectivity index (χ3n) is 2.91. The Kier molecular flexibility index (Phi) is 3.05. The topological polar surface area (TPSA) is 34.9 Å². The van der Waals surface area contributed by atoms with Crippen LogP contribution in [-0.4, -0.2) is 9.55 Å². The molecule has 0 spiro atoms. The predicted molar refractivity (Wildman–Crippen MR) is 75.4 cm³/mol. The number of nitrogens with zero attached hydrogens (tertiary/aromatic N) is 2. The first-order valence-corrected chi connectivity index (χ1v) is 6.23. The highest BCUT2D eigenvalue weighted by Gasteiger charge is 2.05. The minimum atomic E-state index is -0.106. The van der Waals surface area contributed by atoms with Crippen molar-refractivity contribution in [3.05, 3.63) is 75.8 Å². The molecule has 0 aliphatic carbocycles. The smallest absolute Gasteiger partial charge is 0.262 e. The summed E-state index contributed by atoms with van der Waals surface area (Å²) in [6.07, 6.45) is 2.75. The summed E-state index contributed by atoms with van der Waals surface area (Å²) in [4.78, 5) is 16.4. The average Bonchev–Trinajstić information content (AvgIpc) is 2.43. The van der Waals surface area contributed by atoms with Crippen LogP contribution in [0.25, 0.3) is 10.9 Å². The van der Waals surface area contributed by atoms with E-state index in [1.54, 1.807) is 18.2 Å². The van der Waals surface area contributed by atoms with Gasteiger partial charge in [0.1, 0.15) is 0 Å². The molecular formula is C15H10ClN2O. The molecule has 19 heavy (non-hydrogen) atoms. The van der Waals surface area contributed by atoms with Crippen LogP contribution in [-0.2, 0) is 6.54 Å². The molecule has 0 unspecified atom stereocenters. The SMILES string of the molecule is O=c1c2ccc(Cl)cc2n[c]n1Cc1ccccc1. The van der Waals surface area contributed by atoms with Gasteiger partial charge in [0.2, 0.25) is 0 Å². The number of fused-ring (bicyclic) bond motifs is 1. The Morgan fingerprint density at radius 1 is 1.16 bits per heavy atom. The number of hydrogen-bond donors (Lipinski definition) is 0. The predicted octanol–water partition coefficient (Wildman–Crippen LogP) is 2.90. The summed E-state index contributed by atoms with van der Waals surface area (Å²) < 4.78 is 1.48. The second kappa shape index (κ2) is 4.86. The third-order valence-corrected chi connectivity index (χ3v) is 3.15. The van der Waals surface area contributed by atoms with Gasteiger partial charge in [-0.2, -0.15) is 0 Å². The second-order valence-corrected chi connectivity index (χ2v) is 4.69. The van der Waals surface area contributed by atoms with Crippen LogP contribution in [0.2, 0.25) is 5.02 Å². The lowest BCUT2D eigenvalue weighted by Crippen LogP contribution is -2.21. The highest BCUT2D eigenvalue weighted by Crippen LogP contribution is 2.14. The van der Waals surface area contributed by atoms with Gasteiger partial charge in [-0.1, -0.05) is 41.9 Å². The fraction of sp³-hybridized carbons (Fsp3) is 0.0667. The van der Waals surface area contributed by atoms with Crippen molar-refractivity contribution >= 4 is 22.5 Å². The Morgan fingerprint density at radius 3 is 2.74 bits per heavy atom. The first kappa shape index (κ1) is 11.9. The van der Waals surface area contributed by atoms with Crippen molar-refractivity contribution < 1.29 is 0 Å². The van der Waals surface area contributed by atoms with Gasteiger partial charge in [0.05, 0.1) is 17.4 Å². The lowest BCUT2D eigenvalue weighted by Gasteiger charge is -2.06. The maximum atomic E-state index is 12.3. The summed E-state index contributed by atoms with van der Waals surface area (Å²) in [7, 11) is 0. The van der Waals surface area contributed by atoms with Gasteiger partial charge in [-0.05, 0) is 23.8 Å². The Morgan fingerprint density at radius 2 is 1.95 bits per heavy atom. The van der Waals surface area contributed by atoms with Gasteiger partial charge < -0.3 is 0 Å². The molecule has 1 aromatic heterocycles. The minimum Gasteiger partial charge on any atom is -0.285 e. The fourth-order valence-electron chi connectivity index (χ4n) is 1.96. The molecule has 1 radical (unpaired) electrons. The van der Waals surface area contributed by atoms with E-state index in [9.17, 15) is 4.79 Å². The number of rotatable bonds is 2. The van der Waals surface area contributed by atoms with E-state index in [4.69, 9.17) is 11.6 Å². The molecule has 0 aliphatic rings. The Balaban J connectivity index is 2.08. The zero-order chi connectivity index (χ0) is 13.2. The molecule has 0 aliphatic heterocycles. The molecule has 3 nitrogen and oxygen atoms in total. The second-order valence-electron chi connectivity index (χ2n) is 4.25. The summed E-state index contributed by atoms with van der Waals surface area (Å²) in [6.45, 7) is 0.464. The zero-order valence-corrected chi connectivity index (χ0v) is 10.8. The molecule has 93 valence electrons. The molecule has 0 atom stereocenters. The number of hydrogen-bond acceptors (Lipinski definition) is 2. The highest BCUT2D eigenvalue weighted by molar-refractivity contribution is 6.31. The summed E-state index contributed by atoms with van der Waals surface area (Å²) >= 11 is 5.88. The lowest BCUT2D eigenvalue weighted by molar-refractivity contribution is 0.740. The van der Waals surface area contributed by atoms with Gasteiger partial charge in [-0.25, -0.2) is 4.98 Å². The van der Waals surface area contributed by atoms with Crippen molar-refractivity contribution in [3.63, 3.8) is 0 Å². The van der Waals surface area contributed by atoms with E-state index >= 15 is 0 Å². The first-order valence-electron chi connectivity index (χ1n) is 5.86. The molecule has 2 aromatic carbocycles. The zero-order valence-electron chi connectivity index (χ0n) is 10.0. The molecule has 0 saturated carbocycles. The molecule has 0 fully saturated rings. The normalized spacial score (nSPS) is 10.8. The van der Waals surface area contributed by atoms with Crippen molar-refractivity contribution in [1.29, 1.82) is 0 Å². The third kappa shape index (κ3) is 2.37. The molecule has 0 bridgehead atoms. The van der Waals surface area contributed by atoms with Crippen LogP contribution in [0.4, 0.5) is 0 Å². The van der Waals surface area contributed by atoms with Crippen LogP contribution < -0.4 is 5.56 Å². The molecule has 3 rings (SSSR count). The van der Waals surface area contributed by atoms with Crippen LogP contribution in [0.15, 0.2) is 53.3 Å².